The minimum atomic E-state index is -0.377. The molecule has 2 N–H and O–H groups in total. The fourth-order valence-electron chi connectivity index (χ4n) is 1.39. The maximum absolute atomic E-state index is 10.7. The number of anilines is 1. The predicted octanol–water partition coefficient (Wildman–Crippen LogP) is 2.70. The third kappa shape index (κ3) is 1.13. The lowest BCUT2D eigenvalue weighted by atomic mass is 10.2. The van der Waals surface area contributed by atoms with E-state index < -0.39 is 0 Å². The third-order valence-electron chi connectivity index (χ3n) is 2.18. The van der Waals surface area contributed by atoms with Crippen LogP contribution in [0, 0.1) is 17.0 Å². The van der Waals surface area contributed by atoms with Crippen LogP contribution in [-0.4, -0.2) is 4.92 Å². The van der Waals surface area contributed by atoms with Crippen LogP contribution in [0.25, 0.3) is 10.1 Å². The number of nitro groups is 1. The van der Waals surface area contributed by atoms with Crippen molar-refractivity contribution in [1.82, 2.24) is 0 Å². The Bertz CT molecular complexity index is 519. The summed E-state index contributed by atoms with van der Waals surface area (Å²) in [7, 11) is 0. The number of nitrogens with zero attached hydrogens (tertiary/aromatic N) is 1. The molecule has 0 aliphatic rings. The molecule has 1 heterocycles. The molecule has 0 aliphatic carbocycles. The first-order valence-electron chi connectivity index (χ1n) is 4.03. The van der Waals surface area contributed by atoms with E-state index in [0.29, 0.717) is 9.70 Å². The highest BCUT2D eigenvalue weighted by atomic mass is 32.1. The minimum Gasteiger partial charge on any atom is -0.390 e. The van der Waals surface area contributed by atoms with Crippen LogP contribution in [0.5, 0.6) is 0 Å². The van der Waals surface area contributed by atoms with Crippen LogP contribution >= 0.6 is 11.3 Å². The van der Waals surface area contributed by atoms with Crippen LogP contribution in [0.15, 0.2) is 18.2 Å². The van der Waals surface area contributed by atoms with Gasteiger partial charge in [-0.15, -0.1) is 11.3 Å². The zero-order valence-electron chi connectivity index (χ0n) is 7.48. The van der Waals surface area contributed by atoms with Crippen molar-refractivity contribution in [2.45, 2.75) is 6.92 Å². The summed E-state index contributed by atoms with van der Waals surface area (Å²) in [5.41, 5.74) is 6.77. The van der Waals surface area contributed by atoms with E-state index in [9.17, 15) is 10.1 Å². The van der Waals surface area contributed by atoms with Gasteiger partial charge in [-0.25, -0.2) is 0 Å². The van der Waals surface area contributed by atoms with Crippen LogP contribution in [0.4, 0.5) is 10.7 Å². The highest BCUT2D eigenvalue weighted by molar-refractivity contribution is 7.23. The molecule has 0 saturated heterocycles. The lowest BCUT2D eigenvalue weighted by Crippen LogP contribution is -1.86. The van der Waals surface area contributed by atoms with Crippen molar-refractivity contribution in [2.24, 2.45) is 0 Å². The average Bonchev–Trinajstić information content (AvgIpc) is 2.43. The fraction of sp³-hybridized carbons (Fsp3) is 0.111. The summed E-state index contributed by atoms with van der Waals surface area (Å²) in [5, 5.41) is 12.2. The smallest absolute Gasteiger partial charge is 0.287 e. The van der Waals surface area contributed by atoms with E-state index in [1.54, 1.807) is 6.07 Å². The summed E-state index contributed by atoms with van der Waals surface area (Å²) < 4.78 is 0.660. The van der Waals surface area contributed by atoms with Crippen LogP contribution < -0.4 is 5.73 Å². The van der Waals surface area contributed by atoms with Crippen molar-refractivity contribution in [3.63, 3.8) is 0 Å². The van der Waals surface area contributed by atoms with Crippen molar-refractivity contribution in [3.05, 3.63) is 33.9 Å². The van der Waals surface area contributed by atoms with Gasteiger partial charge in [-0.2, -0.15) is 0 Å². The maximum Gasteiger partial charge on any atom is 0.287 e. The second-order valence-electron chi connectivity index (χ2n) is 3.00. The van der Waals surface area contributed by atoms with Gasteiger partial charge >= 0.3 is 0 Å². The highest BCUT2D eigenvalue weighted by Crippen LogP contribution is 2.38. The molecule has 0 bridgehead atoms. The first kappa shape index (κ1) is 8.96. The first-order valence-corrected chi connectivity index (χ1v) is 4.85. The van der Waals surface area contributed by atoms with Gasteiger partial charge in [0, 0.05) is 11.5 Å². The zero-order chi connectivity index (χ0) is 10.3. The van der Waals surface area contributed by atoms with E-state index in [4.69, 9.17) is 5.73 Å². The van der Waals surface area contributed by atoms with Crippen LogP contribution in [-0.2, 0) is 0 Å². The Morgan fingerprint density at radius 2 is 2.21 bits per heavy atom. The highest BCUT2D eigenvalue weighted by Gasteiger charge is 2.15. The number of hydrogen-bond donors (Lipinski definition) is 1. The number of rotatable bonds is 1. The Morgan fingerprint density at radius 1 is 1.50 bits per heavy atom. The number of nitrogens with two attached hydrogens (primary N) is 1. The quantitative estimate of drug-likeness (QED) is 0.578. The average molecular weight is 208 g/mol. The van der Waals surface area contributed by atoms with Gasteiger partial charge in [-0.05, 0) is 12.5 Å². The number of hydrogen-bond acceptors (Lipinski definition) is 4. The van der Waals surface area contributed by atoms with Gasteiger partial charge in [-0.3, -0.25) is 10.1 Å². The molecule has 1 aromatic heterocycles. The van der Waals surface area contributed by atoms with Crippen molar-refractivity contribution >= 4 is 32.1 Å². The Balaban J connectivity index is 2.88. The van der Waals surface area contributed by atoms with E-state index >= 15 is 0 Å². The van der Waals surface area contributed by atoms with Crippen molar-refractivity contribution in [3.8, 4) is 0 Å². The Kier molecular flexibility index (Phi) is 1.89. The maximum atomic E-state index is 10.7. The van der Waals surface area contributed by atoms with E-state index in [-0.39, 0.29) is 10.6 Å². The number of benzene rings is 1. The summed E-state index contributed by atoms with van der Waals surface area (Å²) in [6, 6.07) is 5.03. The SMILES string of the molecule is Cc1c(N)sc2c([N+](=O)[O-])cccc12. The molecule has 1 aromatic carbocycles. The number of thiophene rings is 1. The molecule has 0 fully saturated rings. The van der Waals surface area contributed by atoms with Gasteiger partial charge in [0.05, 0.1) is 9.92 Å². The molecule has 0 aliphatic heterocycles. The molecule has 0 atom stereocenters. The van der Waals surface area contributed by atoms with E-state index in [1.807, 2.05) is 13.0 Å². The van der Waals surface area contributed by atoms with Gasteiger partial charge in [0.25, 0.3) is 5.69 Å². The zero-order valence-corrected chi connectivity index (χ0v) is 8.30. The molecule has 0 radical (unpaired) electrons. The van der Waals surface area contributed by atoms with Crippen molar-refractivity contribution in [2.75, 3.05) is 5.73 Å². The summed E-state index contributed by atoms with van der Waals surface area (Å²) in [6.07, 6.45) is 0. The number of fused-ring (bicyclic) bond motifs is 1. The number of non-ortho nitro benzene ring substituents is 1. The first-order chi connectivity index (χ1) is 6.61. The Labute approximate surface area is 84.1 Å². The topological polar surface area (TPSA) is 69.2 Å². The monoisotopic (exact) mass is 208 g/mol. The molecule has 0 unspecified atom stereocenters. The molecule has 2 aromatic rings. The molecule has 72 valence electrons. The molecule has 2 rings (SSSR count). The second kappa shape index (κ2) is 2.95. The number of aryl methyl sites for hydroxylation is 1. The van der Waals surface area contributed by atoms with Crippen LogP contribution in [0.2, 0.25) is 0 Å². The van der Waals surface area contributed by atoms with E-state index in [1.165, 1.54) is 17.4 Å². The van der Waals surface area contributed by atoms with Gasteiger partial charge in [-0.1, -0.05) is 12.1 Å². The molecule has 5 heteroatoms. The second-order valence-corrected chi connectivity index (χ2v) is 4.05. The summed E-state index contributed by atoms with van der Waals surface area (Å²) in [5.74, 6) is 0. The predicted molar refractivity (Wildman–Crippen MR) is 57.6 cm³/mol. The fourth-order valence-corrected chi connectivity index (χ4v) is 2.45. The minimum absolute atomic E-state index is 0.132. The molecule has 14 heavy (non-hydrogen) atoms. The van der Waals surface area contributed by atoms with Crippen molar-refractivity contribution in [1.29, 1.82) is 0 Å². The van der Waals surface area contributed by atoms with Crippen LogP contribution in [0.1, 0.15) is 5.56 Å². The van der Waals surface area contributed by atoms with Gasteiger partial charge < -0.3 is 5.73 Å². The molecule has 0 saturated carbocycles. The summed E-state index contributed by atoms with van der Waals surface area (Å²) in [6.45, 7) is 1.87. The molecule has 0 amide bonds. The van der Waals surface area contributed by atoms with Crippen LogP contribution in [0.3, 0.4) is 0 Å². The Morgan fingerprint density at radius 3 is 2.86 bits per heavy atom. The Hall–Kier alpha value is -1.62. The molecular formula is C9H8N2O2S. The molecular weight excluding hydrogens is 200 g/mol. The van der Waals surface area contributed by atoms with Gasteiger partial charge in [0.15, 0.2) is 0 Å². The summed E-state index contributed by atoms with van der Waals surface area (Å²) in [4.78, 5) is 10.3. The van der Waals surface area contributed by atoms with Gasteiger partial charge in [0.1, 0.15) is 4.70 Å². The third-order valence-corrected chi connectivity index (χ3v) is 3.34. The van der Waals surface area contributed by atoms with E-state index in [0.717, 1.165) is 10.9 Å². The largest absolute Gasteiger partial charge is 0.390 e. The van der Waals surface area contributed by atoms with Crippen molar-refractivity contribution < 1.29 is 4.92 Å². The number of nitrogen functional groups attached to an aromatic ring is 1. The molecule has 4 nitrogen and oxygen atoms in total. The summed E-state index contributed by atoms with van der Waals surface area (Å²) >= 11 is 1.27. The van der Waals surface area contributed by atoms with E-state index in [2.05, 4.69) is 0 Å². The lowest BCUT2D eigenvalue weighted by Gasteiger charge is -1.92. The normalized spacial score (nSPS) is 10.6. The lowest BCUT2D eigenvalue weighted by molar-refractivity contribution is -0.382. The molecule has 0 spiro atoms. The standard InChI is InChI=1S/C9H8N2O2S/c1-5-6-3-2-4-7(11(12)13)8(6)14-9(5)10/h2-4H,10H2,1H3. The number of nitro benzene ring substituents is 1. The van der Waals surface area contributed by atoms with Gasteiger partial charge in [0.2, 0.25) is 0 Å².